The third-order valence-corrected chi connectivity index (χ3v) is 3.76. The minimum Gasteiger partial charge on any atom is -0.493 e. The SMILES string of the molecule is COc1ccc(C(C)NCc2ccc(C)c(F)c2)cc1OC. The number of aryl methyl sites for hydroxylation is 1. The predicted molar refractivity (Wildman–Crippen MR) is 85.9 cm³/mol. The first-order chi connectivity index (χ1) is 10.5. The van der Waals surface area contributed by atoms with Crippen LogP contribution in [0.15, 0.2) is 36.4 Å². The van der Waals surface area contributed by atoms with E-state index in [1.807, 2.05) is 24.3 Å². The number of hydrogen-bond donors (Lipinski definition) is 1. The second-order valence-electron chi connectivity index (χ2n) is 5.30. The molecular weight excluding hydrogens is 281 g/mol. The molecule has 0 saturated carbocycles. The average molecular weight is 303 g/mol. The fourth-order valence-electron chi connectivity index (χ4n) is 2.26. The second kappa shape index (κ2) is 7.27. The highest BCUT2D eigenvalue weighted by molar-refractivity contribution is 5.43. The van der Waals surface area contributed by atoms with Crippen LogP contribution in [0.2, 0.25) is 0 Å². The fraction of sp³-hybridized carbons (Fsp3) is 0.333. The lowest BCUT2D eigenvalue weighted by Gasteiger charge is -2.17. The molecule has 0 spiro atoms. The summed E-state index contributed by atoms with van der Waals surface area (Å²) in [5, 5.41) is 3.39. The van der Waals surface area contributed by atoms with Gasteiger partial charge in [-0.25, -0.2) is 4.39 Å². The fourth-order valence-corrected chi connectivity index (χ4v) is 2.26. The van der Waals surface area contributed by atoms with E-state index in [1.54, 1.807) is 33.3 Å². The molecule has 0 aliphatic carbocycles. The molecule has 0 fully saturated rings. The van der Waals surface area contributed by atoms with E-state index in [9.17, 15) is 4.39 Å². The van der Waals surface area contributed by atoms with Crippen molar-refractivity contribution in [2.75, 3.05) is 14.2 Å². The maximum Gasteiger partial charge on any atom is 0.161 e. The van der Waals surface area contributed by atoms with Crippen LogP contribution in [0.5, 0.6) is 11.5 Å². The first-order valence-electron chi connectivity index (χ1n) is 7.25. The summed E-state index contributed by atoms with van der Waals surface area (Å²) in [5.74, 6) is 1.24. The zero-order valence-electron chi connectivity index (χ0n) is 13.4. The summed E-state index contributed by atoms with van der Waals surface area (Å²) in [6.45, 7) is 4.43. The highest BCUT2D eigenvalue weighted by Crippen LogP contribution is 2.29. The molecule has 1 unspecified atom stereocenters. The molecule has 3 nitrogen and oxygen atoms in total. The summed E-state index contributed by atoms with van der Waals surface area (Å²) in [7, 11) is 3.24. The normalized spacial score (nSPS) is 12.0. The van der Waals surface area contributed by atoms with Gasteiger partial charge in [-0.1, -0.05) is 18.2 Å². The molecule has 118 valence electrons. The Kier molecular flexibility index (Phi) is 5.39. The van der Waals surface area contributed by atoms with E-state index in [1.165, 1.54) is 0 Å². The average Bonchev–Trinajstić information content (AvgIpc) is 2.54. The molecule has 0 aliphatic rings. The van der Waals surface area contributed by atoms with Gasteiger partial charge in [0.1, 0.15) is 5.82 Å². The maximum atomic E-state index is 13.6. The van der Waals surface area contributed by atoms with E-state index in [0.717, 1.165) is 11.1 Å². The molecule has 0 aromatic heterocycles. The minimum atomic E-state index is -0.168. The van der Waals surface area contributed by atoms with Crippen LogP contribution >= 0.6 is 0 Å². The molecule has 0 saturated heterocycles. The van der Waals surface area contributed by atoms with Gasteiger partial charge >= 0.3 is 0 Å². The Morgan fingerprint density at radius 3 is 2.41 bits per heavy atom. The zero-order valence-corrected chi connectivity index (χ0v) is 13.4. The zero-order chi connectivity index (χ0) is 16.1. The van der Waals surface area contributed by atoms with Crippen molar-refractivity contribution in [2.24, 2.45) is 0 Å². The molecule has 2 aromatic rings. The number of rotatable bonds is 6. The Morgan fingerprint density at radius 2 is 1.77 bits per heavy atom. The molecule has 22 heavy (non-hydrogen) atoms. The van der Waals surface area contributed by atoms with Crippen molar-refractivity contribution in [3.8, 4) is 11.5 Å². The highest BCUT2D eigenvalue weighted by Gasteiger charge is 2.10. The van der Waals surface area contributed by atoms with E-state index >= 15 is 0 Å². The van der Waals surface area contributed by atoms with Crippen LogP contribution in [0.3, 0.4) is 0 Å². The highest BCUT2D eigenvalue weighted by atomic mass is 19.1. The van der Waals surface area contributed by atoms with Crippen molar-refractivity contribution in [3.63, 3.8) is 0 Å². The van der Waals surface area contributed by atoms with Crippen LogP contribution in [0.25, 0.3) is 0 Å². The summed E-state index contributed by atoms with van der Waals surface area (Å²) in [5.41, 5.74) is 2.68. The monoisotopic (exact) mass is 303 g/mol. The Labute approximate surface area is 131 Å². The van der Waals surface area contributed by atoms with Gasteiger partial charge in [-0.15, -0.1) is 0 Å². The Bertz CT molecular complexity index is 643. The Balaban J connectivity index is 2.05. The van der Waals surface area contributed by atoms with Gasteiger partial charge in [0.2, 0.25) is 0 Å². The lowest BCUT2D eigenvalue weighted by atomic mass is 10.1. The number of ether oxygens (including phenoxy) is 2. The van der Waals surface area contributed by atoms with Gasteiger partial charge in [-0.05, 0) is 48.7 Å². The number of halogens is 1. The van der Waals surface area contributed by atoms with Crippen molar-refractivity contribution in [1.29, 1.82) is 0 Å². The van der Waals surface area contributed by atoms with Crippen LogP contribution in [0.4, 0.5) is 4.39 Å². The van der Waals surface area contributed by atoms with Gasteiger partial charge in [0.15, 0.2) is 11.5 Å². The first-order valence-corrected chi connectivity index (χ1v) is 7.25. The van der Waals surface area contributed by atoms with Crippen molar-refractivity contribution in [3.05, 3.63) is 58.9 Å². The standard InChI is InChI=1S/C18H22FNO2/c1-12-5-6-14(9-16(12)19)11-20-13(2)15-7-8-17(21-3)18(10-15)22-4/h5-10,13,20H,11H2,1-4H3. The van der Waals surface area contributed by atoms with Crippen LogP contribution in [0.1, 0.15) is 29.7 Å². The van der Waals surface area contributed by atoms with E-state index in [0.29, 0.717) is 23.6 Å². The van der Waals surface area contributed by atoms with E-state index in [-0.39, 0.29) is 11.9 Å². The first kappa shape index (κ1) is 16.3. The molecule has 0 radical (unpaired) electrons. The third kappa shape index (κ3) is 3.77. The van der Waals surface area contributed by atoms with E-state index < -0.39 is 0 Å². The van der Waals surface area contributed by atoms with Crippen LogP contribution < -0.4 is 14.8 Å². The predicted octanol–water partition coefficient (Wildman–Crippen LogP) is 4.00. The largest absolute Gasteiger partial charge is 0.493 e. The summed E-state index contributed by atoms with van der Waals surface area (Å²) < 4.78 is 24.1. The molecule has 0 bridgehead atoms. The third-order valence-electron chi connectivity index (χ3n) is 3.76. The molecule has 0 heterocycles. The van der Waals surface area contributed by atoms with Gasteiger partial charge in [-0.2, -0.15) is 0 Å². The molecule has 2 aromatic carbocycles. The van der Waals surface area contributed by atoms with Gasteiger partial charge in [-0.3, -0.25) is 0 Å². The number of hydrogen-bond acceptors (Lipinski definition) is 3. The molecule has 0 aliphatic heterocycles. The molecule has 4 heteroatoms. The van der Waals surface area contributed by atoms with Gasteiger partial charge in [0.25, 0.3) is 0 Å². The van der Waals surface area contributed by atoms with Crippen LogP contribution in [0, 0.1) is 12.7 Å². The smallest absolute Gasteiger partial charge is 0.161 e. The Morgan fingerprint density at radius 1 is 1.05 bits per heavy atom. The van der Waals surface area contributed by atoms with Crippen molar-refractivity contribution in [2.45, 2.75) is 26.4 Å². The van der Waals surface area contributed by atoms with Crippen molar-refractivity contribution in [1.82, 2.24) is 5.32 Å². The minimum absolute atomic E-state index is 0.115. The summed E-state index contributed by atoms with van der Waals surface area (Å²) >= 11 is 0. The lowest BCUT2D eigenvalue weighted by Crippen LogP contribution is -2.18. The topological polar surface area (TPSA) is 30.5 Å². The molecule has 1 N–H and O–H groups in total. The van der Waals surface area contributed by atoms with Crippen molar-refractivity contribution < 1.29 is 13.9 Å². The maximum absolute atomic E-state index is 13.6. The molecule has 0 amide bonds. The van der Waals surface area contributed by atoms with Crippen molar-refractivity contribution >= 4 is 0 Å². The lowest BCUT2D eigenvalue weighted by molar-refractivity contribution is 0.354. The number of methoxy groups -OCH3 is 2. The molecular formula is C18H22FNO2. The van der Waals surface area contributed by atoms with E-state index in [4.69, 9.17) is 9.47 Å². The summed E-state index contributed by atoms with van der Waals surface area (Å²) in [4.78, 5) is 0. The van der Waals surface area contributed by atoms with Gasteiger partial charge < -0.3 is 14.8 Å². The molecule has 2 rings (SSSR count). The number of nitrogens with one attached hydrogen (secondary N) is 1. The van der Waals surface area contributed by atoms with E-state index in [2.05, 4.69) is 12.2 Å². The number of benzene rings is 2. The second-order valence-corrected chi connectivity index (χ2v) is 5.30. The van der Waals surface area contributed by atoms with Crippen LogP contribution in [-0.4, -0.2) is 14.2 Å². The Hall–Kier alpha value is -2.07. The van der Waals surface area contributed by atoms with Gasteiger partial charge in [0, 0.05) is 12.6 Å². The quantitative estimate of drug-likeness (QED) is 0.875. The molecule has 1 atom stereocenters. The van der Waals surface area contributed by atoms with Gasteiger partial charge in [0.05, 0.1) is 14.2 Å². The van der Waals surface area contributed by atoms with Crippen LogP contribution in [-0.2, 0) is 6.54 Å². The summed E-state index contributed by atoms with van der Waals surface area (Å²) in [6, 6.07) is 11.3. The summed E-state index contributed by atoms with van der Waals surface area (Å²) in [6.07, 6.45) is 0.